The molecule has 0 unspecified atom stereocenters. The summed E-state index contributed by atoms with van der Waals surface area (Å²) in [5, 5.41) is 8.35. The highest BCUT2D eigenvalue weighted by molar-refractivity contribution is 7.95. The van der Waals surface area contributed by atoms with Crippen LogP contribution in [0.5, 0.6) is 11.5 Å². The molecule has 0 aliphatic carbocycles. The normalized spacial score (nSPS) is 11.5. The lowest BCUT2D eigenvalue weighted by molar-refractivity contribution is 0.166. The maximum absolute atomic E-state index is 12.8. The van der Waals surface area contributed by atoms with Crippen LogP contribution in [-0.2, 0) is 0 Å². The van der Waals surface area contributed by atoms with Crippen LogP contribution < -0.4 is 9.47 Å². The van der Waals surface area contributed by atoms with E-state index >= 15 is 0 Å². The predicted molar refractivity (Wildman–Crippen MR) is 119 cm³/mol. The van der Waals surface area contributed by atoms with Crippen LogP contribution in [0.15, 0.2) is 24.8 Å². The van der Waals surface area contributed by atoms with Crippen molar-refractivity contribution < 1.29 is 19.1 Å². The van der Waals surface area contributed by atoms with E-state index in [1.807, 2.05) is 55.4 Å². The van der Waals surface area contributed by atoms with E-state index in [4.69, 9.17) is 9.47 Å². The molecule has 10 nitrogen and oxygen atoms in total. The van der Waals surface area contributed by atoms with Crippen LogP contribution in [0.4, 0.5) is 9.59 Å². The molecular formula is C20H32N6O4S. The number of carbonyl (C=O) groups is 2. The maximum atomic E-state index is 12.8. The summed E-state index contributed by atoms with van der Waals surface area (Å²) < 4.78 is 17.1. The van der Waals surface area contributed by atoms with E-state index in [0.717, 1.165) is 12.1 Å². The fourth-order valence-electron chi connectivity index (χ4n) is 2.37. The van der Waals surface area contributed by atoms with E-state index in [1.54, 1.807) is 21.8 Å². The molecule has 0 saturated carbocycles. The molecule has 2 amide bonds. The van der Waals surface area contributed by atoms with Crippen LogP contribution in [0.3, 0.4) is 0 Å². The molecule has 0 aliphatic heterocycles. The Morgan fingerprint density at radius 2 is 1.13 bits per heavy atom. The third-order valence-corrected chi connectivity index (χ3v) is 5.59. The van der Waals surface area contributed by atoms with Gasteiger partial charge in [-0.15, -0.1) is 0 Å². The van der Waals surface area contributed by atoms with Gasteiger partial charge in [-0.05, 0) is 55.4 Å². The summed E-state index contributed by atoms with van der Waals surface area (Å²) in [5.74, 6) is 0.675. The van der Waals surface area contributed by atoms with E-state index in [9.17, 15) is 9.59 Å². The number of aromatic nitrogens is 4. The van der Waals surface area contributed by atoms with Gasteiger partial charge < -0.3 is 9.47 Å². The molecule has 2 rings (SSSR count). The van der Waals surface area contributed by atoms with Crippen molar-refractivity contribution in [1.82, 2.24) is 28.2 Å². The van der Waals surface area contributed by atoms with Crippen molar-refractivity contribution in [2.24, 2.45) is 0 Å². The molecule has 0 N–H and O–H groups in total. The van der Waals surface area contributed by atoms with Crippen molar-refractivity contribution in [3.8, 4) is 11.5 Å². The Morgan fingerprint density at radius 3 is 1.39 bits per heavy atom. The third kappa shape index (κ3) is 6.65. The molecule has 2 heterocycles. The van der Waals surface area contributed by atoms with Crippen molar-refractivity contribution in [3.63, 3.8) is 0 Å². The Kier molecular flexibility index (Phi) is 8.37. The molecule has 11 heteroatoms. The van der Waals surface area contributed by atoms with E-state index in [-0.39, 0.29) is 24.2 Å². The van der Waals surface area contributed by atoms with Gasteiger partial charge >= 0.3 is 12.2 Å². The van der Waals surface area contributed by atoms with Gasteiger partial charge in [0.15, 0.2) is 11.5 Å². The minimum atomic E-state index is -0.602. The van der Waals surface area contributed by atoms with Crippen LogP contribution in [0.1, 0.15) is 67.5 Å². The molecule has 0 fully saturated rings. The number of carbonyl (C=O) groups excluding carboxylic acids is 2. The molecule has 0 saturated heterocycles. The fourth-order valence-corrected chi connectivity index (χ4v) is 3.15. The predicted octanol–water partition coefficient (Wildman–Crippen LogP) is 4.92. The zero-order valence-electron chi connectivity index (χ0n) is 19.3. The van der Waals surface area contributed by atoms with Crippen molar-refractivity contribution in [1.29, 1.82) is 0 Å². The first-order valence-electron chi connectivity index (χ1n) is 10.3. The number of hydrogen-bond acceptors (Lipinski definition) is 7. The van der Waals surface area contributed by atoms with Gasteiger partial charge in [-0.25, -0.2) is 18.2 Å². The quantitative estimate of drug-likeness (QED) is 0.524. The molecule has 0 radical (unpaired) electrons. The zero-order valence-corrected chi connectivity index (χ0v) is 20.2. The van der Waals surface area contributed by atoms with Crippen LogP contribution in [0.25, 0.3) is 0 Å². The second-order valence-electron chi connectivity index (χ2n) is 8.16. The highest BCUT2D eigenvalue weighted by Crippen LogP contribution is 2.26. The van der Waals surface area contributed by atoms with Crippen LogP contribution in [0.2, 0.25) is 0 Å². The molecule has 2 aromatic heterocycles. The van der Waals surface area contributed by atoms with E-state index < -0.39 is 12.2 Å². The summed E-state index contributed by atoms with van der Waals surface area (Å²) >= 11 is 0.950. The Bertz CT molecular complexity index is 806. The second-order valence-corrected chi connectivity index (χ2v) is 9.11. The number of hydrogen-bond donors (Lipinski definition) is 0. The number of amides is 2. The summed E-state index contributed by atoms with van der Waals surface area (Å²) in [6, 6.07) is -0.186. The SMILES string of the molecule is CC(C)N(SN(C(=O)Oc1cnn(C(C)C)c1)C(C)C)C(=O)Oc1cnn(C(C)C)c1. The minimum Gasteiger partial charge on any atom is -0.406 e. The fraction of sp³-hybridized carbons (Fsp3) is 0.600. The second kappa shape index (κ2) is 10.6. The number of ether oxygens (including phenoxy) is 2. The average molecular weight is 453 g/mol. The van der Waals surface area contributed by atoms with Crippen molar-refractivity contribution >= 4 is 24.3 Å². The maximum Gasteiger partial charge on any atom is 0.427 e. The first-order chi connectivity index (χ1) is 14.5. The molecule has 0 aromatic carbocycles. The molecule has 0 spiro atoms. The third-order valence-electron chi connectivity index (χ3n) is 4.10. The van der Waals surface area contributed by atoms with Gasteiger partial charge in [-0.1, -0.05) is 0 Å². The largest absolute Gasteiger partial charge is 0.427 e. The summed E-state index contributed by atoms with van der Waals surface area (Å²) in [5.41, 5.74) is 0. The first kappa shape index (κ1) is 24.6. The first-order valence-corrected chi connectivity index (χ1v) is 11.0. The highest BCUT2D eigenvalue weighted by atomic mass is 32.2. The van der Waals surface area contributed by atoms with Gasteiger partial charge in [0, 0.05) is 24.2 Å². The lowest BCUT2D eigenvalue weighted by Gasteiger charge is -2.31. The van der Waals surface area contributed by atoms with Gasteiger partial charge in [-0.2, -0.15) is 10.2 Å². The average Bonchev–Trinajstić information content (AvgIpc) is 3.31. The molecular weight excluding hydrogens is 420 g/mol. The number of rotatable bonds is 8. The summed E-state index contributed by atoms with van der Waals surface area (Å²) in [7, 11) is 0. The zero-order chi connectivity index (χ0) is 23.3. The Hall–Kier alpha value is -2.69. The van der Waals surface area contributed by atoms with Gasteiger partial charge in [0.1, 0.15) is 0 Å². The molecule has 0 bridgehead atoms. The Balaban J connectivity index is 2.10. The van der Waals surface area contributed by atoms with Crippen molar-refractivity contribution in [2.75, 3.05) is 0 Å². The molecule has 31 heavy (non-hydrogen) atoms. The van der Waals surface area contributed by atoms with E-state index in [0.29, 0.717) is 11.5 Å². The molecule has 0 atom stereocenters. The Labute approximate surface area is 187 Å². The standard InChI is InChI=1S/C20H32N6O4S/c1-13(2)23-11-17(9-21-23)29-19(27)25(15(5)6)31-26(16(7)8)20(28)30-18-10-22-24(12-18)14(3)4/h9-16H,1-8H3. The van der Waals surface area contributed by atoms with Crippen LogP contribution in [0, 0.1) is 0 Å². The van der Waals surface area contributed by atoms with E-state index in [1.165, 1.54) is 21.0 Å². The summed E-state index contributed by atoms with van der Waals surface area (Å²) in [4.78, 5) is 25.6. The minimum absolute atomic E-state index is 0.147. The monoisotopic (exact) mass is 452 g/mol. The summed E-state index contributed by atoms with van der Waals surface area (Å²) in [6.07, 6.45) is 5.09. The summed E-state index contributed by atoms with van der Waals surface area (Å²) in [6.45, 7) is 15.3. The van der Waals surface area contributed by atoms with Crippen LogP contribution >= 0.6 is 12.1 Å². The van der Waals surface area contributed by atoms with Gasteiger partial charge in [-0.3, -0.25) is 9.36 Å². The lowest BCUT2D eigenvalue weighted by atomic mass is 10.4. The smallest absolute Gasteiger partial charge is 0.406 e. The highest BCUT2D eigenvalue weighted by Gasteiger charge is 2.30. The van der Waals surface area contributed by atoms with Gasteiger partial charge in [0.25, 0.3) is 0 Å². The Morgan fingerprint density at radius 1 is 0.774 bits per heavy atom. The van der Waals surface area contributed by atoms with Crippen molar-refractivity contribution in [2.45, 2.75) is 79.6 Å². The van der Waals surface area contributed by atoms with Gasteiger partial charge in [0.05, 0.1) is 36.9 Å². The van der Waals surface area contributed by atoms with Crippen LogP contribution in [-0.4, -0.2) is 52.4 Å². The topological polar surface area (TPSA) is 94.7 Å². The van der Waals surface area contributed by atoms with Crippen molar-refractivity contribution in [3.05, 3.63) is 24.8 Å². The number of nitrogens with zero attached hydrogens (tertiary/aromatic N) is 6. The lowest BCUT2D eigenvalue weighted by Crippen LogP contribution is -2.42. The van der Waals surface area contributed by atoms with Gasteiger partial charge in [0.2, 0.25) is 0 Å². The van der Waals surface area contributed by atoms with E-state index in [2.05, 4.69) is 10.2 Å². The molecule has 2 aromatic rings. The molecule has 172 valence electrons. The molecule has 0 aliphatic rings.